The van der Waals surface area contributed by atoms with E-state index in [1.807, 2.05) is 18.2 Å². The first kappa shape index (κ1) is 11.8. The third-order valence-electron chi connectivity index (χ3n) is 3.72. The SMILES string of the molecule is Cc1ccc(C2CC(O)c3cc(Cl)ccc32)cc1. The van der Waals surface area contributed by atoms with E-state index in [0.717, 1.165) is 12.0 Å². The summed E-state index contributed by atoms with van der Waals surface area (Å²) < 4.78 is 0. The summed E-state index contributed by atoms with van der Waals surface area (Å²) in [7, 11) is 0. The molecule has 1 N–H and O–H groups in total. The lowest BCUT2D eigenvalue weighted by Crippen LogP contribution is -1.96. The molecule has 2 unspecified atom stereocenters. The van der Waals surface area contributed by atoms with Crippen LogP contribution < -0.4 is 0 Å². The number of aliphatic hydroxyl groups excluding tert-OH is 1. The third kappa shape index (κ3) is 1.94. The molecule has 2 heteroatoms. The second-order valence-corrected chi connectivity index (χ2v) is 5.42. The van der Waals surface area contributed by atoms with E-state index >= 15 is 0 Å². The van der Waals surface area contributed by atoms with Crippen LogP contribution in [0.4, 0.5) is 0 Å². The minimum atomic E-state index is -0.398. The molecule has 2 atom stereocenters. The molecule has 0 heterocycles. The van der Waals surface area contributed by atoms with Crippen LogP contribution in [0, 0.1) is 6.92 Å². The number of fused-ring (bicyclic) bond motifs is 1. The highest BCUT2D eigenvalue weighted by molar-refractivity contribution is 6.30. The Morgan fingerprint density at radius 3 is 2.50 bits per heavy atom. The van der Waals surface area contributed by atoms with Crippen molar-refractivity contribution < 1.29 is 5.11 Å². The van der Waals surface area contributed by atoms with Crippen LogP contribution in [-0.4, -0.2) is 5.11 Å². The van der Waals surface area contributed by atoms with Gasteiger partial charge in [-0.05, 0) is 42.2 Å². The van der Waals surface area contributed by atoms with Gasteiger partial charge in [0, 0.05) is 10.9 Å². The normalized spacial score (nSPS) is 21.9. The maximum Gasteiger partial charge on any atom is 0.0802 e. The Bertz CT molecular complexity index is 574. The van der Waals surface area contributed by atoms with Crippen LogP contribution in [-0.2, 0) is 0 Å². The zero-order valence-electron chi connectivity index (χ0n) is 10.2. The second kappa shape index (κ2) is 4.42. The molecule has 2 aromatic rings. The van der Waals surface area contributed by atoms with Gasteiger partial charge in [0.1, 0.15) is 0 Å². The molecular formula is C16H15ClO. The Morgan fingerprint density at radius 1 is 1.06 bits per heavy atom. The molecule has 92 valence electrons. The number of hydrogen-bond donors (Lipinski definition) is 1. The minimum absolute atomic E-state index is 0.285. The predicted octanol–water partition coefficient (Wildman–Crippen LogP) is 4.22. The van der Waals surface area contributed by atoms with Crippen LogP contribution in [0.5, 0.6) is 0 Å². The predicted molar refractivity (Wildman–Crippen MR) is 74.1 cm³/mol. The Kier molecular flexibility index (Phi) is 2.89. The van der Waals surface area contributed by atoms with Crippen molar-refractivity contribution >= 4 is 11.6 Å². The topological polar surface area (TPSA) is 20.2 Å². The summed E-state index contributed by atoms with van der Waals surface area (Å²) in [6.45, 7) is 2.08. The van der Waals surface area contributed by atoms with Crippen LogP contribution in [0.1, 0.15) is 40.7 Å². The molecule has 0 aromatic heterocycles. The standard InChI is InChI=1S/C16H15ClO/c1-10-2-4-11(5-3-10)14-9-16(18)15-8-12(17)6-7-13(14)15/h2-8,14,16,18H,9H2,1H3. The fourth-order valence-electron chi connectivity index (χ4n) is 2.74. The molecule has 1 nitrogen and oxygen atoms in total. The van der Waals surface area contributed by atoms with Crippen molar-refractivity contribution in [3.63, 3.8) is 0 Å². The van der Waals surface area contributed by atoms with Crippen molar-refractivity contribution in [3.05, 3.63) is 69.7 Å². The molecule has 0 aliphatic heterocycles. The van der Waals surface area contributed by atoms with Crippen LogP contribution in [0.15, 0.2) is 42.5 Å². The van der Waals surface area contributed by atoms with Crippen molar-refractivity contribution in [1.82, 2.24) is 0 Å². The van der Waals surface area contributed by atoms with E-state index in [2.05, 4.69) is 31.2 Å². The molecule has 0 bridgehead atoms. The molecule has 3 rings (SSSR count). The van der Waals surface area contributed by atoms with E-state index in [1.165, 1.54) is 16.7 Å². The molecule has 0 fully saturated rings. The van der Waals surface area contributed by atoms with Gasteiger partial charge in [0.2, 0.25) is 0 Å². The Balaban J connectivity index is 2.05. The highest BCUT2D eigenvalue weighted by atomic mass is 35.5. The van der Waals surface area contributed by atoms with Gasteiger partial charge in [-0.3, -0.25) is 0 Å². The van der Waals surface area contributed by atoms with Gasteiger partial charge in [0.15, 0.2) is 0 Å². The number of rotatable bonds is 1. The fourth-order valence-corrected chi connectivity index (χ4v) is 2.92. The molecule has 0 radical (unpaired) electrons. The number of halogens is 1. The Morgan fingerprint density at radius 2 is 1.78 bits per heavy atom. The Hall–Kier alpha value is -1.31. The molecule has 1 aliphatic rings. The van der Waals surface area contributed by atoms with Crippen LogP contribution in [0.3, 0.4) is 0 Å². The number of aryl methyl sites for hydroxylation is 1. The van der Waals surface area contributed by atoms with Gasteiger partial charge in [0.25, 0.3) is 0 Å². The van der Waals surface area contributed by atoms with Crippen molar-refractivity contribution in [1.29, 1.82) is 0 Å². The van der Waals surface area contributed by atoms with Crippen molar-refractivity contribution in [2.45, 2.75) is 25.4 Å². The first-order valence-electron chi connectivity index (χ1n) is 6.19. The molecule has 18 heavy (non-hydrogen) atoms. The largest absolute Gasteiger partial charge is 0.388 e. The van der Waals surface area contributed by atoms with E-state index in [0.29, 0.717) is 5.02 Å². The average molecular weight is 259 g/mol. The summed E-state index contributed by atoms with van der Waals surface area (Å²) in [6.07, 6.45) is 0.351. The van der Waals surface area contributed by atoms with Crippen LogP contribution >= 0.6 is 11.6 Å². The third-order valence-corrected chi connectivity index (χ3v) is 3.96. The molecule has 1 aliphatic carbocycles. The Labute approximate surface area is 112 Å². The lowest BCUT2D eigenvalue weighted by atomic mass is 9.92. The molecule has 0 saturated carbocycles. The quantitative estimate of drug-likeness (QED) is 0.812. The number of benzene rings is 2. The van der Waals surface area contributed by atoms with E-state index in [9.17, 15) is 5.11 Å². The van der Waals surface area contributed by atoms with Crippen molar-refractivity contribution in [2.24, 2.45) is 0 Å². The summed E-state index contributed by atoms with van der Waals surface area (Å²) in [5.41, 5.74) is 4.71. The molecule has 0 amide bonds. The highest BCUT2D eigenvalue weighted by Gasteiger charge is 2.30. The van der Waals surface area contributed by atoms with E-state index < -0.39 is 6.10 Å². The molecule has 0 saturated heterocycles. The van der Waals surface area contributed by atoms with Crippen molar-refractivity contribution in [3.8, 4) is 0 Å². The zero-order chi connectivity index (χ0) is 12.7. The van der Waals surface area contributed by atoms with Gasteiger partial charge in [-0.1, -0.05) is 47.5 Å². The van der Waals surface area contributed by atoms with Crippen LogP contribution in [0.25, 0.3) is 0 Å². The summed E-state index contributed by atoms with van der Waals surface area (Å²) in [6, 6.07) is 14.4. The van der Waals surface area contributed by atoms with Crippen LogP contribution in [0.2, 0.25) is 5.02 Å². The number of hydrogen-bond acceptors (Lipinski definition) is 1. The average Bonchev–Trinajstić information content (AvgIpc) is 2.68. The van der Waals surface area contributed by atoms with Gasteiger partial charge >= 0.3 is 0 Å². The summed E-state index contributed by atoms with van der Waals surface area (Å²) >= 11 is 5.99. The van der Waals surface area contributed by atoms with E-state index in [1.54, 1.807) is 0 Å². The lowest BCUT2D eigenvalue weighted by molar-refractivity contribution is 0.176. The maximum absolute atomic E-state index is 10.1. The van der Waals surface area contributed by atoms with Gasteiger partial charge in [0.05, 0.1) is 6.10 Å². The summed E-state index contributed by atoms with van der Waals surface area (Å²) in [5, 5.41) is 10.8. The molecular weight excluding hydrogens is 244 g/mol. The monoisotopic (exact) mass is 258 g/mol. The van der Waals surface area contributed by atoms with Gasteiger partial charge in [-0.2, -0.15) is 0 Å². The summed E-state index contributed by atoms with van der Waals surface area (Å²) in [5.74, 6) is 0.285. The minimum Gasteiger partial charge on any atom is -0.388 e. The molecule has 2 aromatic carbocycles. The first-order valence-corrected chi connectivity index (χ1v) is 6.57. The van der Waals surface area contributed by atoms with Crippen molar-refractivity contribution in [2.75, 3.05) is 0 Å². The first-order chi connectivity index (χ1) is 8.65. The van der Waals surface area contributed by atoms with E-state index in [-0.39, 0.29) is 5.92 Å². The van der Waals surface area contributed by atoms with Gasteiger partial charge in [-0.25, -0.2) is 0 Å². The zero-order valence-corrected chi connectivity index (χ0v) is 11.0. The second-order valence-electron chi connectivity index (χ2n) is 4.99. The smallest absolute Gasteiger partial charge is 0.0802 e. The maximum atomic E-state index is 10.1. The summed E-state index contributed by atoms with van der Waals surface area (Å²) in [4.78, 5) is 0. The van der Waals surface area contributed by atoms with Gasteiger partial charge in [-0.15, -0.1) is 0 Å². The highest BCUT2D eigenvalue weighted by Crippen LogP contribution is 2.44. The lowest BCUT2D eigenvalue weighted by Gasteiger charge is -2.12. The van der Waals surface area contributed by atoms with E-state index in [4.69, 9.17) is 11.6 Å². The molecule has 0 spiro atoms. The number of aliphatic hydroxyl groups is 1. The van der Waals surface area contributed by atoms with Gasteiger partial charge < -0.3 is 5.11 Å². The fraction of sp³-hybridized carbons (Fsp3) is 0.250.